The van der Waals surface area contributed by atoms with Gasteiger partial charge in [-0.15, -0.1) is 10.2 Å². The van der Waals surface area contributed by atoms with Crippen LogP contribution in [0.2, 0.25) is 10.0 Å². The van der Waals surface area contributed by atoms with Crippen LogP contribution in [0.15, 0.2) is 66.7 Å². The first kappa shape index (κ1) is 22.7. The number of ether oxygens (including phenoxy) is 1. The molecule has 0 saturated carbocycles. The number of anilines is 2. The minimum atomic E-state index is -0.381. The van der Waals surface area contributed by atoms with Gasteiger partial charge in [-0.25, -0.2) is 0 Å². The zero-order valence-electron chi connectivity index (χ0n) is 17.1. The Labute approximate surface area is 203 Å². The van der Waals surface area contributed by atoms with Gasteiger partial charge in [-0.05, 0) is 66.7 Å². The second kappa shape index (κ2) is 9.99. The quantitative estimate of drug-likeness (QED) is 0.338. The number of aromatic nitrogens is 2. The molecule has 7 nitrogen and oxygen atoms in total. The van der Waals surface area contributed by atoms with Crippen molar-refractivity contribution < 1.29 is 14.3 Å². The molecule has 3 aromatic carbocycles. The fraction of sp³-hybridized carbons (Fsp3) is 0.0435. The number of carbonyl (C=O) groups is 2. The molecule has 166 valence electrons. The van der Waals surface area contributed by atoms with E-state index >= 15 is 0 Å². The molecule has 0 bridgehead atoms. The number of halogens is 2. The van der Waals surface area contributed by atoms with Gasteiger partial charge in [0.25, 0.3) is 11.8 Å². The van der Waals surface area contributed by atoms with E-state index in [1.807, 2.05) is 24.3 Å². The molecular formula is C23H16Cl2N4O3S. The highest BCUT2D eigenvalue weighted by molar-refractivity contribution is 7.18. The first-order chi connectivity index (χ1) is 15.9. The van der Waals surface area contributed by atoms with Gasteiger partial charge in [-0.2, -0.15) is 0 Å². The predicted molar refractivity (Wildman–Crippen MR) is 131 cm³/mol. The number of rotatable bonds is 6. The number of hydrogen-bond donors (Lipinski definition) is 2. The molecule has 0 aliphatic heterocycles. The summed E-state index contributed by atoms with van der Waals surface area (Å²) in [6.07, 6.45) is 0. The lowest BCUT2D eigenvalue weighted by molar-refractivity contribution is 0.102. The summed E-state index contributed by atoms with van der Waals surface area (Å²) in [5.74, 6) is 0.0209. The van der Waals surface area contributed by atoms with E-state index in [1.54, 1.807) is 43.5 Å². The van der Waals surface area contributed by atoms with Crippen molar-refractivity contribution in [3.8, 4) is 16.3 Å². The third-order valence-corrected chi connectivity index (χ3v) is 6.00. The molecule has 2 N–H and O–H groups in total. The van der Waals surface area contributed by atoms with Gasteiger partial charge >= 0.3 is 0 Å². The van der Waals surface area contributed by atoms with Crippen LogP contribution in [0.1, 0.15) is 20.7 Å². The molecule has 10 heteroatoms. The number of hydrogen-bond acceptors (Lipinski definition) is 6. The first-order valence-corrected chi connectivity index (χ1v) is 11.2. The van der Waals surface area contributed by atoms with Crippen molar-refractivity contribution in [3.63, 3.8) is 0 Å². The standard InChI is InChI=1S/C23H16Cl2N4O3S/c1-32-17-9-4-14(5-10-17)22-28-29-23(33-22)27-20(30)13-2-7-16(8-3-13)26-21(31)18-11-6-15(24)12-19(18)25/h2-12H,1H3,(H,26,31)(H,27,29,30). The molecule has 4 rings (SSSR count). The molecule has 0 aliphatic carbocycles. The van der Waals surface area contributed by atoms with Crippen LogP contribution in [-0.4, -0.2) is 29.1 Å². The lowest BCUT2D eigenvalue weighted by Crippen LogP contribution is -2.14. The number of benzene rings is 3. The minimum Gasteiger partial charge on any atom is -0.497 e. The molecule has 0 spiro atoms. The summed E-state index contributed by atoms with van der Waals surface area (Å²) in [6, 6.07) is 18.5. The number of nitrogens with zero attached hydrogens (tertiary/aromatic N) is 2. The van der Waals surface area contributed by atoms with Gasteiger partial charge in [0.2, 0.25) is 5.13 Å². The Morgan fingerprint density at radius 3 is 2.27 bits per heavy atom. The van der Waals surface area contributed by atoms with Gasteiger partial charge in [0.1, 0.15) is 10.8 Å². The van der Waals surface area contributed by atoms with Crippen molar-refractivity contribution in [2.75, 3.05) is 17.7 Å². The Bertz CT molecular complexity index is 1310. The fourth-order valence-corrected chi connectivity index (χ4v) is 4.11. The summed E-state index contributed by atoms with van der Waals surface area (Å²) in [6.45, 7) is 0. The Hall–Kier alpha value is -3.46. The van der Waals surface area contributed by atoms with Crippen LogP contribution in [0, 0.1) is 0 Å². The maximum Gasteiger partial charge on any atom is 0.257 e. The Morgan fingerprint density at radius 2 is 1.61 bits per heavy atom. The van der Waals surface area contributed by atoms with Gasteiger partial charge in [0, 0.05) is 21.8 Å². The average Bonchev–Trinajstić information content (AvgIpc) is 3.28. The summed E-state index contributed by atoms with van der Waals surface area (Å²) < 4.78 is 5.15. The summed E-state index contributed by atoms with van der Waals surface area (Å²) in [4.78, 5) is 25.0. The van der Waals surface area contributed by atoms with Crippen molar-refractivity contribution in [2.45, 2.75) is 0 Å². The third-order valence-electron chi connectivity index (χ3n) is 4.56. The van der Waals surface area contributed by atoms with Crippen LogP contribution < -0.4 is 15.4 Å². The summed E-state index contributed by atoms with van der Waals surface area (Å²) in [5.41, 5.74) is 2.08. The molecule has 0 fully saturated rings. The predicted octanol–water partition coefficient (Wildman–Crippen LogP) is 6.03. The number of methoxy groups -OCH3 is 1. The van der Waals surface area contributed by atoms with Crippen molar-refractivity contribution in [1.29, 1.82) is 0 Å². The van der Waals surface area contributed by atoms with Crippen LogP contribution >= 0.6 is 34.5 Å². The van der Waals surface area contributed by atoms with E-state index < -0.39 is 0 Å². The van der Waals surface area contributed by atoms with Gasteiger partial charge in [-0.3, -0.25) is 14.9 Å². The van der Waals surface area contributed by atoms with Crippen molar-refractivity contribution in [1.82, 2.24) is 10.2 Å². The molecule has 0 aliphatic rings. The maximum absolute atomic E-state index is 12.6. The van der Waals surface area contributed by atoms with E-state index in [-0.39, 0.29) is 16.8 Å². The van der Waals surface area contributed by atoms with E-state index in [1.165, 1.54) is 17.4 Å². The summed E-state index contributed by atoms with van der Waals surface area (Å²) in [7, 11) is 1.60. The van der Waals surface area contributed by atoms with Crippen molar-refractivity contribution in [2.24, 2.45) is 0 Å². The Balaban J connectivity index is 1.39. The normalized spacial score (nSPS) is 10.5. The Kier molecular flexibility index (Phi) is 6.88. The van der Waals surface area contributed by atoms with E-state index in [9.17, 15) is 9.59 Å². The summed E-state index contributed by atoms with van der Waals surface area (Å²) in [5, 5.41) is 15.4. The van der Waals surface area contributed by atoms with E-state index in [0.717, 1.165) is 11.3 Å². The molecule has 0 saturated heterocycles. The van der Waals surface area contributed by atoms with Gasteiger partial charge in [-0.1, -0.05) is 34.5 Å². The zero-order valence-corrected chi connectivity index (χ0v) is 19.5. The highest BCUT2D eigenvalue weighted by atomic mass is 35.5. The van der Waals surface area contributed by atoms with Crippen LogP contribution in [0.25, 0.3) is 10.6 Å². The monoisotopic (exact) mass is 498 g/mol. The molecule has 33 heavy (non-hydrogen) atoms. The fourth-order valence-electron chi connectivity index (χ4n) is 2.87. The minimum absolute atomic E-state index is 0.252. The highest BCUT2D eigenvalue weighted by Crippen LogP contribution is 2.28. The lowest BCUT2D eigenvalue weighted by atomic mass is 10.1. The van der Waals surface area contributed by atoms with Crippen LogP contribution in [0.5, 0.6) is 5.75 Å². The zero-order chi connectivity index (χ0) is 23.4. The van der Waals surface area contributed by atoms with E-state index in [2.05, 4.69) is 20.8 Å². The van der Waals surface area contributed by atoms with Crippen molar-refractivity contribution in [3.05, 3.63) is 87.9 Å². The van der Waals surface area contributed by atoms with Gasteiger partial charge < -0.3 is 10.1 Å². The van der Waals surface area contributed by atoms with E-state index in [0.29, 0.717) is 32.0 Å². The van der Waals surface area contributed by atoms with Crippen molar-refractivity contribution >= 4 is 57.2 Å². The van der Waals surface area contributed by atoms with Gasteiger partial charge in [0.15, 0.2) is 0 Å². The average molecular weight is 499 g/mol. The maximum atomic E-state index is 12.6. The van der Waals surface area contributed by atoms with Crippen LogP contribution in [-0.2, 0) is 0 Å². The SMILES string of the molecule is COc1ccc(-c2nnc(NC(=O)c3ccc(NC(=O)c4ccc(Cl)cc4Cl)cc3)s2)cc1. The lowest BCUT2D eigenvalue weighted by Gasteiger charge is -2.08. The smallest absolute Gasteiger partial charge is 0.257 e. The van der Waals surface area contributed by atoms with E-state index in [4.69, 9.17) is 27.9 Å². The van der Waals surface area contributed by atoms with Gasteiger partial charge in [0.05, 0.1) is 17.7 Å². The number of nitrogens with one attached hydrogen (secondary N) is 2. The first-order valence-electron chi connectivity index (χ1n) is 9.58. The molecule has 4 aromatic rings. The third kappa shape index (κ3) is 5.48. The summed E-state index contributed by atoms with van der Waals surface area (Å²) >= 11 is 13.2. The molecule has 1 heterocycles. The van der Waals surface area contributed by atoms with Crippen LogP contribution in [0.4, 0.5) is 10.8 Å². The molecular weight excluding hydrogens is 483 g/mol. The van der Waals surface area contributed by atoms with Crippen LogP contribution in [0.3, 0.4) is 0 Å². The number of carbonyl (C=O) groups excluding carboxylic acids is 2. The second-order valence-corrected chi connectivity index (χ2v) is 8.57. The molecule has 0 radical (unpaired) electrons. The number of amides is 2. The molecule has 0 unspecified atom stereocenters. The second-order valence-electron chi connectivity index (χ2n) is 6.75. The molecule has 1 aromatic heterocycles. The molecule has 2 amide bonds. The largest absolute Gasteiger partial charge is 0.497 e. The molecule has 0 atom stereocenters. The Morgan fingerprint density at radius 1 is 0.879 bits per heavy atom. The highest BCUT2D eigenvalue weighted by Gasteiger charge is 2.14. The topological polar surface area (TPSA) is 93.2 Å².